The van der Waals surface area contributed by atoms with Crippen molar-refractivity contribution in [2.75, 3.05) is 19.8 Å². The van der Waals surface area contributed by atoms with Crippen molar-refractivity contribution in [3.63, 3.8) is 0 Å². The lowest BCUT2D eigenvalue weighted by Gasteiger charge is -2.31. The lowest BCUT2D eigenvalue weighted by molar-refractivity contribution is -0.130. The maximum Gasteiger partial charge on any atom is 0.266 e. The number of hydrogen-bond donors (Lipinski definition) is 3. The molecule has 0 spiro atoms. The fourth-order valence-corrected chi connectivity index (χ4v) is 5.64. The van der Waals surface area contributed by atoms with Crippen molar-refractivity contribution in [1.29, 1.82) is 0 Å². The van der Waals surface area contributed by atoms with E-state index in [4.69, 9.17) is 19.6 Å². The number of rotatable bonds is 13. The standard InChI is InChI=1S/C34H33Br2N3O4/c35-28-15-11-25(12-16-28)31-34(23-27-9-4-5-10-30(27)36,33(41)39-37-20-19-24-7-2-1-3-8-24)38-32(43-31)26-13-17-29(18-14-26)42-22-6-21-40/h1-5,7-18,31,37,40H,6,19-23H2,(H,39,41)/t31-,34-/m0/s1. The highest BCUT2D eigenvalue weighted by atomic mass is 79.9. The molecule has 0 bridgehead atoms. The van der Waals surface area contributed by atoms with Crippen LogP contribution in [-0.4, -0.2) is 42.2 Å². The van der Waals surface area contributed by atoms with Crippen molar-refractivity contribution in [2.24, 2.45) is 4.99 Å². The van der Waals surface area contributed by atoms with Crippen LogP contribution in [0.25, 0.3) is 0 Å². The Morgan fingerprint density at radius 2 is 1.65 bits per heavy atom. The molecule has 43 heavy (non-hydrogen) atoms. The number of carbonyl (C=O) groups is 1. The summed E-state index contributed by atoms with van der Waals surface area (Å²) in [6.45, 7) is 1.05. The van der Waals surface area contributed by atoms with Gasteiger partial charge in [-0.05, 0) is 65.6 Å². The summed E-state index contributed by atoms with van der Waals surface area (Å²) in [5, 5.41) is 9.05. The van der Waals surface area contributed by atoms with Crippen LogP contribution in [0, 0.1) is 0 Å². The van der Waals surface area contributed by atoms with Crippen LogP contribution in [0.3, 0.4) is 0 Å². The number of aliphatic hydroxyl groups excluding tert-OH is 1. The Kier molecular flexibility index (Phi) is 10.6. The monoisotopic (exact) mass is 705 g/mol. The number of aliphatic hydroxyl groups is 1. The summed E-state index contributed by atoms with van der Waals surface area (Å²) in [4.78, 5) is 19.4. The number of benzene rings is 4. The van der Waals surface area contributed by atoms with E-state index in [1.165, 1.54) is 5.56 Å². The van der Waals surface area contributed by atoms with Crippen molar-refractivity contribution in [3.05, 3.63) is 134 Å². The Morgan fingerprint density at radius 3 is 2.37 bits per heavy atom. The van der Waals surface area contributed by atoms with Crippen molar-refractivity contribution in [2.45, 2.75) is 30.9 Å². The molecule has 1 amide bonds. The largest absolute Gasteiger partial charge is 0.494 e. The van der Waals surface area contributed by atoms with E-state index in [1.54, 1.807) is 0 Å². The molecular weight excluding hydrogens is 674 g/mol. The van der Waals surface area contributed by atoms with Crippen molar-refractivity contribution in [3.8, 4) is 5.75 Å². The van der Waals surface area contributed by atoms with Gasteiger partial charge in [-0.15, -0.1) is 0 Å². The van der Waals surface area contributed by atoms with Crippen molar-refractivity contribution < 1.29 is 19.4 Å². The summed E-state index contributed by atoms with van der Waals surface area (Å²) in [6.07, 6.45) is 0.914. The van der Waals surface area contributed by atoms with Gasteiger partial charge in [-0.3, -0.25) is 10.2 Å². The minimum atomic E-state index is -1.32. The molecule has 0 saturated carbocycles. The van der Waals surface area contributed by atoms with E-state index in [0.717, 1.165) is 32.1 Å². The molecule has 222 valence electrons. The summed E-state index contributed by atoms with van der Waals surface area (Å²) >= 11 is 7.20. The third kappa shape index (κ3) is 7.72. The Bertz CT molecular complexity index is 1530. The first-order valence-electron chi connectivity index (χ1n) is 14.2. The molecule has 2 atom stereocenters. The molecule has 4 aromatic rings. The summed E-state index contributed by atoms with van der Waals surface area (Å²) in [5.41, 5.74) is 8.44. The van der Waals surface area contributed by atoms with Gasteiger partial charge in [-0.1, -0.05) is 92.5 Å². The number of hydrogen-bond acceptors (Lipinski definition) is 6. The van der Waals surface area contributed by atoms with E-state index in [-0.39, 0.29) is 12.5 Å². The Morgan fingerprint density at radius 1 is 0.930 bits per heavy atom. The first kappa shape index (κ1) is 30.9. The number of hydrazine groups is 1. The van der Waals surface area contributed by atoms with E-state index in [1.807, 2.05) is 91.0 Å². The number of halogens is 2. The van der Waals surface area contributed by atoms with Crippen LogP contribution >= 0.6 is 31.9 Å². The Hall–Kier alpha value is -3.50. The molecule has 1 heterocycles. The fourth-order valence-electron chi connectivity index (χ4n) is 4.95. The molecule has 5 rings (SSSR count). The summed E-state index contributed by atoms with van der Waals surface area (Å²) < 4.78 is 14.1. The summed E-state index contributed by atoms with van der Waals surface area (Å²) in [5.74, 6) is 0.768. The van der Waals surface area contributed by atoms with Gasteiger partial charge in [0.25, 0.3) is 5.91 Å². The first-order valence-corrected chi connectivity index (χ1v) is 15.7. The lowest BCUT2D eigenvalue weighted by Crippen LogP contribution is -2.54. The zero-order valence-corrected chi connectivity index (χ0v) is 26.7. The predicted octanol–water partition coefficient (Wildman–Crippen LogP) is 6.34. The van der Waals surface area contributed by atoms with Gasteiger partial charge in [-0.25, -0.2) is 10.4 Å². The highest BCUT2D eigenvalue weighted by molar-refractivity contribution is 9.10. The second-order valence-electron chi connectivity index (χ2n) is 10.2. The molecule has 0 fully saturated rings. The van der Waals surface area contributed by atoms with Crippen LogP contribution < -0.4 is 15.6 Å². The topological polar surface area (TPSA) is 92.2 Å². The second kappa shape index (κ2) is 14.8. The van der Waals surface area contributed by atoms with Gasteiger partial charge in [0, 0.05) is 40.5 Å². The molecule has 0 unspecified atom stereocenters. The summed E-state index contributed by atoms with van der Waals surface area (Å²) in [7, 11) is 0. The average molecular weight is 707 g/mol. The van der Waals surface area contributed by atoms with Crippen LogP contribution in [0.4, 0.5) is 0 Å². The van der Waals surface area contributed by atoms with Crippen LogP contribution in [0.2, 0.25) is 0 Å². The zero-order valence-electron chi connectivity index (χ0n) is 23.5. The fraction of sp³-hybridized carbons (Fsp3) is 0.235. The molecule has 7 nitrogen and oxygen atoms in total. The molecule has 0 saturated heterocycles. The minimum absolute atomic E-state index is 0.0724. The van der Waals surface area contributed by atoms with Gasteiger partial charge in [0.15, 0.2) is 11.6 Å². The normalized spacial score (nSPS) is 17.7. The zero-order chi connectivity index (χ0) is 30.1. The minimum Gasteiger partial charge on any atom is -0.494 e. The number of amides is 1. The van der Waals surface area contributed by atoms with Gasteiger partial charge in [0.2, 0.25) is 5.90 Å². The van der Waals surface area contributed by atoms with Gasteiger partial charge in [0.1, 0.15) is 5.75 Å². The van der Waals surface area contributed by atoms with Crippen LogP contribution in [-0.2, 0) is 22.4 Å². The Balaban J connectivity index is 1.48. The molecule has 1 aliphatic heterocycles. The lowest BCUT2D eigenvalue weighted by atomic mass is 9.82. The van der Waals surface area contributed by atoms with Gasteiger partial charge < -0.3 is 14.6 Å². The quantitative estimate of drug-likeness (QED) is 0.112. The van der Waals surface area contributed by atoms with Crippen LogP contribution in [0.5, 0.6) is 5.75 Å². The van der Waals surface area contributed by atoms with Gasteiger partial charge >= 0.3 is 0 Å². The number of ether oxygens (including phenoxy) is 2. The van der Waals surface area contributed by atoms with Crippen LogP contribution in [0.15, 0.2) is 117 Å². The molecule has 3 N–H and O–H groups in total. The van der Waals surface area contributed by atoms with E-state index < -0.39 is 11.6 Å². The highest BCUT2D eigenvalue weighted by Crippen LogP contribution is 2.43. The third-order valence-electron chi connectivity index (χ3n) is 7.20. The van der Waals surface area contributed by atoms with E-state index in [0.29, 0.717) is 37.6 Å². The smallest absolute Gasteiger partial charge is 0.266 e. The second-order valence-corrected chi connectivity index (χ2v) is 12.0. The number of carbonyl (C=O) groups excluding carboxylic acids is 1. The highest BCUT2D eigenvalue weighted by Gasteiger charge is 2.53. The number of nitrogens with one attached hydrogen (secondary N) is 2. The van der Waals surface area contributed by atoms with Gasteiger partial charge in [0.05, 0.1) is 6.61 Å². The van der Waals surface area contributed by atoms with E-state index in [2.05, 4.69) is 54.8 Å². The van der Waals surface area contributed by atoms with Crippen molar-refractivity contribution in [1.82, 2.24) is 10.9 Å². The number of aliphatic imine (C=N–C) groups is 1. The Labute approximate surface area is 268 Å². The molecule has 0 aliphatic carbocycles. The van der Waals surface area contributed by atoms with E-state index >= 15 is 0 Å². The first-order chi connectivity index (χ1) is 21.0. The molecule has 0 radical (unpaired) electrons. The summed E-state index contributed by atoms with van der Waals surface area (Å²) in [6, 6.07) is 33.2. The maximum absolute atomic E-state index is 14.3. The molecule has 9 heteroatoms. The third-order valence-corrected chi connectivity index (χ3v) is 8.51. The number of nitrogens with zero attached hydrogens (tertiary/aromatic N) is 1. The molecular formula is C34H33Br2N3O4. The molecule has 0 aromatic heterocycles. The predicted molar refractivity (Wildman–Crippen MR) is 175 cm³/mol. The van der Waals surface area contributed by atoms with Gasteiger partial charge in [-0.2, -0.15) is 0 Å². The van der Waals surface area contributed by atoms with Crippen LogP contribution in [0.1, 0.15) is 34.8 Å². The van der Waals surface area contributed by atoms with Crippen molar-refractivity contribution >= 4 is 43.7 Å². The van der Waals surface area contributed by atoms with E-state index in [9.17, 15) is 4.79 Å². The average Bonchev–Trinajstić information content (AvgIpc) is 3.42. The maximum atomic E-state index is 14.3. The SMILES string of the molecule is O=C(NNCCc1ccccc1)[C@@]1(Cc2ccccc2Br)N=C(c2ccc(OCCCO)cc2)O[C@H]1c1ccc(Br)cc1. The molecule has 1 aliphatic rings. The molecule has 4 aromatic carbocycles.